The summed E-state index contributed by atoms with van der Waals surface area (Å²) < 4.78 is 5.51. The Hall–Kier alpha value is -1.92. The molecule has 0 fully saturated rings. The van der Waals surface area contributed by atoms with Crippen molar-refractivity contribution in [3.63, 3.8) is 0 Å². The fourth-order valence-electron chi connectivity index (χ4n) is 11.9. The number of ether oxygens (including phenoxy) is 1. The van der Waals surface area contributed by atoms with Gasteiger partial charge in [-0.3, -0.25) is 9.59 Å². The van der Waals surface area contributed by atoms with Crippen molar-refractivity contribution in [2.24, 2.45) is 0 Å². The molecule has 0 saturated heterocycles. The molecule has 83 heavy (non-hydrogen) atoms. The topological polar surface area (TPSA) is 95.9 Å². The summed E-state index contributed by atoms with van der Waals surface area (Å²) in [5.74, 6) is -0.0536. The quantitative estimate of drug-likeness (QED) is 0.0320. The Balaban J connectivity index is 3.41. The second-order valence-electron chi connectivity index (χ2n) is 26.0. The van der Waals surface area contributed by atoms with Gasteiger partial charge in [-0.1, -0.05) is 359 Å². The minimum Gasteiger partial charge on any atom is -0.466 e. The van der Waals surface area contributed by atoms with Crippen molar-refractivity contribution in [1.82, 2.24) is 5.32 Å². The molecule has 0 aromatic heterocycles. The summed E-state index contributed by atoms with van der Waals surface area (Å²) >= 11 is 0. The molecule has 0 aliphatic heterocycles. The lowest BCUT2D eigenvalue weighted by atomic mass is 10.0. The Bertz CT molecular complexity index is 1340. The zero-order valence-corrected chi connectivity index (χ0v) is 56.2. The fourth-order valence-corrected chi connectivity index (χ4v) is 11.9. The van der Waals surface area contributed by atoms with Gasteiger partial charge in [0.25, 0.3) is 0 Å². The van der Waals surface area contributed by atoms with Crippen LogP contribution in [0.3, 0.4) is 0 Å². The van der Waals surface area contributed by atoms with Gasteiger partial charge in [-0.05, 0) is 83.5 Å². The number of nitrogens with one attached hydrogen (secondary N) is 1. The second-order valence-corrected chi connectivity index (χ2v) is 26.0. The molecule has 0 spiro atoms. The van der Waals surface area contributed by atoms with Crippen molar-refractivity contribution in [2.45, 2.75) is 431 Å². The van der Waals surface area contributed by atoms with Gasteiger partial charge in [0.1, 0.15) is 0 Å². The summed E-state index contributed by atoms with van der Waals surface area (Å²) in [5.41, 5.74) is 0. The maximum atomic E-state index is 12.5. The molecule has 0 aliphatic carbocycles. The van der Waals surface area contributed by atoms with E-state index in [4.69, 9.17) is 4.74 Å². The Morgan fingerprint density at radius 2 is 0.566 bits per heavy atom. The molecule has 0 bridgehead atoms. The summed E-state index contributed by atoms with van der Waals surface area (Å²) in [6.07, 6.45) is 93.8. The van der Waals surface area contributed by atoms with E-state index in [1.54, 1.807) is 6.08 Å². The molecule has 0 saturated carbocycles. The van der Waals surface area contributed by atoms with Crippen molar-refractivity contribution < 1.29 is 24.5 Å². The van der Waals surface area contributed by atoms with E-state index in [-0.39, 0.29) is 18.5 Å². The second kappa shape index (κ2) is 72.6. The Kier molecular flexibility index (Phi) is 70.9. The van der Waals surface area contributed by atoms with Crippen LogP contribution >= 0.6 is 0 Å². The Morgan fingerprint density at radius 3 is 0.855 bits per heavy atom. The zero-order valence-electron chi connectivity index (χ0n) is 56.2. The van der Waals surface area contributed by atoms with Crippen LogP contribution in [0.5, 0.6) is 0 Å². The first-order valence-electron chi connectivity index (χ1n) is 37.8. The first kappa shape index (κ1) is 81.1. The molecule has 0 aliphatic rings. The van der Waals surface area contributed by atoms with Crippen LogP contribution in [0.4, 0.5) is 0 Å². The number of allylic oxidation sites excluding steroid dienone is 5. The molecular weight excluding hydrogens is 1020 g/mol. The summed E-state index contributed by atoms with van der Waals surface area (Å²) in [6, 6.07) is -0.632. The molecular formula is C77H147NO5. The number of esters is 1. The average molecular weight is 1170 g/mol. The van der Waals surface area contributed by atoms with Gasteiger partial charge in [0.05, 0.1) is 25.4 Å². The van der Waals surface area contributed by atoms with Crippen molar-refractivity contribution in [3.05, 3.63) is 36.5 Å². The maximum Gasteiger partial charge on any atom is 0.305 e. The van der Waals surface area contributed by atoms with Crippen molar-refractivity contribution in [3.8, 4) is 0 Å². The molecule has 2 atom stereocenters. The van der Waals surface area contributed by atoms with Crippen LogP contribution in [-0.2, 0) is 14.3 Å². The molecule has 3 N–H and O–H groups in total. The van der Waals surface area contributed by atoms with Gasteiger partial charge >= 0.3 is 5.97 Å². The number of carbonyl (C=O) groups excluding carboxylic acids is 2. The van der Waals surface area contributed by atoms with Gasteiger partial charge in [-0.15, -0.1) is 0 Å². The molecule has 0 aromatic carbocycles. The third kappa shape index (κ3) is 69.1. The number of hydrogen-bond donors (Lipinski definition) is 3. The van der Waals surface area contributed by atoms with Gasteiger partial charge in [-0.2, -0.15) is 0 Å². The third-order valence-electron chi connectivity index (χ3n) is 17.6. The number of hydrogen-bond acceptors (Lipinski definition) is 5. The SMILES string of the molecule is CCCCCCCC/C=C\CCCCCCCCCCCC(=O)OCCCCCCCCCCCCCC/C=C\CCCCCCCCCCCC(=O)NC(CO)C(O)/C=C/CCCCCCCCCCCCCCCCCCCCCC. The van der Waals surface area contributed by atoms with E-state index in [0.717, 1.165) is 44.9 Å². The maximum absolute atomic E-state index is 12.5. The predicted octanol–water partition coefficient (Wildman–Crippen LogP) is 24.7. The third-order valence-corrected chi connectivity index (χ3v) is 17.6. The predicted molar refractivity (Wildman–Crippen MR) is 366 cm³/mol. The summed E-state index contributed by atoms with van der Waals surface area (Å²) in [4.78, 5) is 24.7. The van der Waals surface area contributed by atoms with Gasteiger partial charge in [0.2, 0.25) is 5.91 Å². The molecule has 490 valence electrons. The standard InChI is InChI=1S/C77H147NO5/c1-3-5-7-9-11-13-15-17-19-21-23-24-30-34-37-41-45-49-53-57-61-65-69-75(80)74(73-79)78-76(81)70-66-62-58-54-50-46-42-38-35-31-28-26-25-27-29-32-36-40-44-48-52-56-60-64-68-72-83-77(82)71-67-63-59-55-51-47-43-39-33-22-20-18-16-14-12-10-8-6-4-2/h18,20,26,28,65,69,74-75,79-80H,3-17,19,21-25,27,29-64,66-68,70-73H2,1-2H3,(H,78,81)/b20-18-,28-26-,69-65+. The van der Waals surface area contributed by atoms with E-state index in [1.165, 1.54) is 347 Å². The van der Waals surface area contributed by atoms with Crippen molar-refractivity contribution >= 4 is 11.9 Å². The lowest BCUT2D eigenvalue weighted by Crippen LogP contribution is -2.45. The summed E-state index contributed by atoms with van der Waals surface area (Å²) in [7, 11) is 0. The number of carbonyl (C=O) groups is 2. The number of rotatable bonds is 71. The largest absolute Gasteiger partial charge is 0.466 e. The molecule has 0 aromatic rings. The molecule has 0 heterocycles. The van der Waals surface area contributed by atoms with Gasteiger partial charge < -0.3 is 20.3 Å². The van der Waals surface area contributed by atoms with Crippen LogP contribution in [0.15, 0.2) is 36.5 Å². The first-order valence-corrected chi connectivity index (χ1v) is 37.8. The number of aliphatic hydroxyl groups is 2. The van der Waals surface area contributed by atoms with Gasteiger partial charge in [0.15, 0.2) is 0 Å². The Labute approximate surface area is 519 Å². The summed E-state index contributed by atoms with van der Waals surface area (Å²) in [5, 5.41) is 23.3. The highest BCUT2D eigenvalue weighted by Crippen LogP contribution is 2.19. The van der Waals surface area contributed by atoms with Crippen molar-refractivity contribution in [2.75, 3.05) is 13.2 Å². The molecule has 6 heteroatoms. The smallest absolute Gasteiger partial charge is 0.305 e. The van der Waals surface area contributed by atoms with Crippen LogP contribution in [0.2, 0.25) is 0 Å². The van der Waals surface area contributed by atoms with E-state index in [0.29, 0.717) is 19.4 Å². The number of aliphatic hydroxyl groups excluding tert-OH is 2. The molecule has 0 radical (unpaired) electrons. The minimum absolute atomic E-state index is 0.0134. The Morgan fingerprint density at radius 1 is 0.325 bits per heavy atom. The average Bonchev–Trinajstić information content (AvgIpc) is 3.48. The normalized spacial score (nSPS) is 12.7. The van der Waals surface area contributed by atoms with Crippen LogP contribution in [-0.4, -0.2) is 47.4 Å². The lowest BCUT2D eigenvalue weighted by Gasteiger charge is -2.20. The van der Waals surface area contributed by atoms with E-state index in [1.807, 2.05) is 6.08 Å². The molecule has 0 rings (SSSR count). The van der Waals surface area contributed by atoms with E-state index < -0.39 is 12.1 Å². The zero-order chi connectivity index (χ0) is 59.9. The molecule has 1 amide bonds. The van der Waals surface area contributed by atoms with E-state index >= 15 is 0 Å². The first-order chi connectivity index (χ1) is 41.0. The van der Waals surface area contributed by atoms with Gasteiger partial charge in [0, 0.05) is 12.8 Å². The van der Waals surface area contributed by atoms with E-state index in [9.17, 15) is 19.8 Å². The monoisotopic (exact) mass is 1170 g/mol. The fraction of sp³-hybridized carbons (Fsp3) is 0.896. The van der Waals surface area contributed by atoms with E-state index in [2.05, 4.69) is 43.5 Å². The van der Waals surface area contributed by atoms with Gasteiger partial charge in [-0.25, -0.2) is 0 Å². The highest BCUT2D eigenvalue weighted by Gasteiger charge is 2.18. The molecule has 2 unspecified atom stereocenters. The summed E-state index contributed by atoms with van der Waals surface area (Å²) in [6.45, 7) is 4.94. The van der Waals surface area contributed by atoms with Crippen LogP contribution < -0.4 is 5.32 Å². The number of amides is 1. The van der Waals surface area contributed by atoms with Crippen LogP contribution in [0.25, 0.3) is 0 Å². The number of unbranched alkanes of at least 4 members (excludes halogenated alkanes) is 56. The van der Waals surface area contributed by atoms with Crippen molar-refractivity contribution in [1.29, 1.82) is 0 Å². The molecule has 6 nitrogen and oxygen atoms in total. The van der Waals surface area contributed by atoms with Crippen LogP contribution in [0.1, 0.15) is 418 Å². The lowest BCUT2D eigenvalue weighted by molar-refractivity contribution is -0.143. The van der Waals surface area contributed by atoms with Crippen LogP contribution in [0, 0.1) is 0 Å². The minimum atomic E-state index is -0.848. The highest BCUT2D eigenvalue weighted by atomic mass is 16.5. The highest BCUT2D eigenvalue weighted by molar-refractivity contribution is 5.76.